The van der Waals surface area contributed by atoms with Crippen LogP contribution in [0.5, 0.6) is 0 Å². The predicted octanol–water partition coefficient (Wildman–Crippen LogP) is 0.297. The van der Waals surface area contributed by atoms with Crippen LogP contribution in [0.25, 0.3) is 0 Å². The molecule has 130 valence electrons. The first-order chi connectivity index (χ1) is 11.0. The van der Waals surface area contributed by atoms with E-state index in [0.717, 1.165) is 18.7 Å². The van der Waals surface area contributed by atoms with E-state index in [0.29, 0.717) is 0 Å². The lowest BCUT2D eigenvalue weighted by atomic mass is 10.2. The molecule has 1 aromatic heterocycles. The Balaban J connectivity index is 2.12. The fraction of sp³-hybridized carbons (Fsp3) is 0.231. The van der Waals surface area contributed by atoms with Gasteiger partial charge < -0.3 is 5.32 Å². The average Bonchev–Trinajstić information content (AvgIpc) is 2.87. The maximum absolute atomic E-state index is 12.1. The second-order valence-corrected chi connectivity index (χ2v) is 8.88. The number of aromatic nitrogens is 2. The van der Waals surface area contributed by atoms with Crippen LogP contribution in [0.2, 0.25) is 0 Å². The molecule has 2 rings (SSSR count). The number of sulfone groups is 1. The van der Waals surface area contributed by atoms with Crippen LogP contribution in [0.15, 0.2) is 41.6 Å². The Morgan fingerprint density at radius 3 is 2.29 bits per heavy atom. The molecular weight excluding hydrogens is 356 g/mol. The number of nitrogens with zero attached hydrogens (tertiary/aromatic N) is 2. The number of para-hydroxylation sites is 2. The fourth-order valence-electron chi connectivity index (χ4n) is 1.84. The minimum Gasteiger partial charge on any atom is -0.323 e. The summed E-state index contributed by atoms with van der Waals surface area (Å²) in [6.45, 7) is -0.220. The third kappa shape index (κ3) is 5.06. The molecule has 1 amide bonds. The van der Waals surface area contributed by atoms with E-state index in [4.69, 9.17) is 0 Å². The van der Waals surface area contributed by atoms with Gasteiger partial charge >= 0.3 is 0 Å². The molecule has 0 aliphatic rings. The van der Waals surface area contributed by atoms with Gasteiger partial charge in [0.25, 0.3) is 0 Å². The third-order valence-corrected chi connectivity index (χ3v) is 4.50. The molecule has 0 bridgehead atoms. The molecule has 0 aliphatic carbocycles. The summed E-state index contributed by atoms with van der Waals surface area (Å²) < 4.78 is 48.9. The Labute approximate surface area is 139 Å². The number of hydrogen-bond donors (Lipinski definition) is 2. The molecule has 0 spiro atoms. The minimum absolute atomic E-state index is 0.00874. The first kappa shape index (κ1) is 17.9. The molecule has 1 aromatic carbocycles. The molecule has 0 radical (unpaired) electrons. The van der Waals surface area contributed by atoms with Crippen molar-refractivity contribution in [1.29, 1.82) is 0 Å². The van der Waals surface area contributed by atoms with Crippen LogP contribution in [0, 0.1) is 0 Å². The van der Waals surface area contributed by atoms with Crippen molar-refractivity contribution in [1.82, 2.24) is 9.78 Å². The Hall–Kier alpha value is -2.40. The van der Waals surface area contributed by atoms with Crippen molar-refractivity contribution in [3.8, 4) is 0 Å². The van der Waals surface area contributed by atoms with Crippen molar-refractivity contribution in [2.45, 2.75) is 11.4 Å². The van der Waals surface area contributed by atoms with E-state index in [1.165, 1.54) is 23.0 Å². The summed E-state index contributed by atoms with van der Waals surface area (Å²) in [5.74, 6) is -0.485. The zero-order valence-corrected chi connectivity index (χ0v) is 14.6. The van der Waals surface area contributed by atoms with E-state index in [-0.39, 0.29) is 22.8 Å². The molecule has 1 heterocycles. The minimum atomic E-state index is -3.49. The van der Waals surface area contributed by atoms with E-state index >= 15 is 0 Å². The molecule has 0 atom stereocenters. The highest BCUT2D eigenvalue weighted by Gasteiger charge is 2.13. The van der Waals surface area contributed by atoms with Gasteiger partial charge in [0.15, 0.2) is 9.84 Å². The molecule has 11 heteroatoms. The molecular formula is C13H16N4O5S2. The molecule has 0 aliphatic heterocycles. The maximum Gasteiger partial charge on any atom is 0.246 e. The van der Waals surface area contributed by atoms with Gasteiger partial charge in [0.05, 0.1) is 23.8 Å². The Morgan fingerprint density at radius 2 is 1.75 bits per heavy atom. The summed E-state index contributed by atoms with van der Waals surface area (Å²) in [6, 6.07) is 6.30. The second-order valence-electron chi connectivity index (χ2n) is 5.11. The monoisotopic (exact) mass is 372 g/mol. The number of hydrogen-bond acceptors (Lipinski definition) is 6. The van der Waals surface area contributed by atoms with Gasteiger partial charge in [-0.3, -0.25) is 14.2 Å². The standard InChI is InChI=1S/C13H16N4O5S2/c1-23(19,20)10-7-14-17(8-10)9-13(18)15-11-5-3-4-6-12(11)16-24(2,21)22/h3-8,16H,9H2,1-2H3,(H,15,18). The summed E-state index contributed by atoms with van der Waals surface area (Å²) in [5.41, 5.74) is 0.508. The van der Waals surface area contributed by atoms with Gasteiger partial charge in [0.1, 0.15) is 11.4 Å². The van der Waals surface area contributed by atoms with Gasteiger partial charge in [-0.05, 0) is 12.1 Å². The molecule has 2 N–H and O–H groups in total. The van der Waals surface area contributed by atoms with Gasteiger partial charge in [0.2, 0.25) is 15.9 Å². The van der Waals surface area contributed by atoms with Gasteiger partial charge in [-0.25, -0.2) is 16.8 Å². The van der Waals surface area contributed by atoms with Gasteiger partial charge in [-0.2, -0.15) is 5.10 Å². The molecule has 0 fully saturated rings. The zero-order valence-electron chi connectivity index (χ0n) is 12.9. The highest BCUT2D eigenvalue weighted by Crippen LogP contribution is 2.21. The van der Waals surface area contributed by atoms with Crippen molar-refractivity contribution in [2.75, 3.05) is 22.6 Å². The van der Waals surface area contributed by atoms with E-state index < -0.39 is 25.8 Å². The lowest BCUT2D eigenvalue weighted by molar-refractivity contribution is -0.116. The fourth-order valence-corrected chi connectivity index (χ4v) is 2.97. The molecule has 2 aromatic rings. The van der Waals surface area contributed by atoms with Crippen molar-refractivity contribution in [3.63, 3.8) is 0 Å². The summed E-state index contributed by atoms with van der Waals surface area (Å²) in [4.78, 5) is 12.1. The Kier molecular flexibility index (Phi) is 4.94. The number of carbonyl (C=O) groups is 1. The van der Waals surface area contributed by atoms with E-state index in [2.05, 4.69) is 15.1 Å². The lowest BCUT2D eigenvalue weighted by Gasteiger charge is -2.11. The van der Waals surface area contributed by atoms with Crippen LogP contribution in [0.1, 0.15) is 0 Å². The SMILES string of the molecule is CS(=O)(=O)Nc1ccccc1NC(=O)Cn1cc(S(C)(=O)=O)cn1. The van der Waals surface area contributed by atoms with Crippen LogP contribution in [0.3, 0.4) is 0 Å². The highest BCUT2D eigenvalue weighted by atomic mass is 32.2. The van der Waals surface area contributed by atoms with Crippen LogP contribution >= 0.6 is 0 Å². The number of anilines is 2. The number of rotatable bonds is 6. The number of carbonyl (C=O) groups excluding carboxylic acids is 1. The Morgan fingerprint density at radius 1 is 1.12 bits per heavy atom. The smallest absolute Gasteiger partial charge is 0.246 e. The third-order valence-electron chi connectivity index (χ3n) is 2.84. The van der Waals surface area contributed by atoms with Crippen molar-refractivity contribution >= 4 is 37.1 Å². The number of benzene rings is 1. The largest absolute Gasteiger partial charge is 0.323 e. The van der Waals surface area contributed by atoms with Gasteiger partial charge in [0, 0.05) is 12.5 Å². The molecule has 9 nitrogen and oxygen atoms in total. The number of sulfonamides is 1. The predicted molar refractivity (Wildman–Crippen MR) is 88.9 cm³/mol. The average molecular weight is 372 g/mol. The first-order valence-corrected chi connectivity index (χ1v) is 10.4. The molecule has 0 unspecified atom stereocenters. The van der Waals surface area contributed by atoms with Crippen LogP contribution in [-0.2, 0) is 31.2 Å². The summed E-state index contributed by atoms with van der Waals surface area (Å²) in [6.07, 6.45) is 4.45. The van der Waals surface area contributed by atoms with Crippen LogP contribution in [-0.4, -0.2) is 45.0 Å². The van der Waals surface area contributed by atoms with E-state index in [1.807, 2.05) is 0 Å². The topological polar surface area (TPSA) is 127 Å². The number of nitrogens with one attached hydrogen (secondary N) is 2. The molecule has 0 saturated heterocycles. The van der Waals surface area contributed by atoms with E-state index in [9.17, 15) is 21.6 Å². The van der Waals surface area contributed by atoms with Crippen LogP contribution in [0.4, 0.5) is 11.4 Å². The Bertz CT molecular complexity index is 964. The van der Waals surface area contributed by atoms with E-state index in [1.54, 1.807) is 12.1 Å². The summed E-state index contributed by atoms with van der Waals surface area (Å²) in [7, 11) is -6.89. The first-order valence-electron chi connectivity index (χ1n) is 6.64. The normalized spacial score (nSPS) is 11.9. The molecule has 0 saturated carbocycles. The lowest BCUT2D eigenvalue weighted by Crippen LogP contribution is -2.20. The quantitative estimate of drug-likeness (QED) is 0.750. The highest BCUT2D eigenvalue weighted by molar-refractivity contribution is 7.92. The van der Waals surface area contributed by atoms with Crippen molar-refractivity contribution in [3.05, 3.63) is 36.7 Å². The molecule has 24 heavy (non-hydrogen) atoms. The summed E-state index contributed by atoms with van der Waals surface area (Å²) in [5, 5.41) is 6.36. The van der Waals surface area contributed by atoms with Crippen molar-refractivity contribution < 1.29 is 21.6 Å². The van der Waals surface area contributed by atoms with Gasteiger partial charge in [-0.1, -0.05) is 12.1 Å². The number of amides is 1. The maximum atomic E-state index is 12.1. The second kappa shape index (κ2) is 6.61. The van der Waals surface area contributed by atoms with Gasteiger partial charge in [-0.15, -0.1) is 0 Å². The van der Waals surface area contributed by atoms with Crippen molar-refractivity contribution in [2.24, 2.45) is 0 Å². The summed E-state index contributed by atoms with van der Waals surface area (Å²) >= 11 is 0. The zero-order chi connectivity index (χ0) is 18.0. The van der Waals surface area contributed by atoms with Crippen LogP contribution < -0.4 is 10.0 Å².